The van der Waals surface area contributed by atoms with Crippen LogP contribution < -0.4 is 5.73 Å². The number of amides is 1. The number of imidazole rings is 1. The first-order chi connectivity index (χ1) is 13.3. The molecule has 10 heteroatoms. The zero-order valence-electron chi connectivity index (χ0n) is 15.1. The van der Waals surface area contributed by atoms with Gasteiger partial charge in [-0.25, -0.2) is 18.6 Å². The first kappa shape index (κ1) is 20.2. The van der Waals surface area contributed by atoms with Gasteiger partial charge in [0.25, 0.3) is 0 Å². The summed E-state index contributed by atoms with van der Waals surface area (Å²) >= 11 is 6.16. The van der Waals surface area contributed by atoms with Crippen molar-refractivity contribution in [2.24, 2.45) is 5.73 Å². The second-order valence-electron chi connectivity index (χ2n) is 6.53. The molecule has 1 aromatic carbocycles. The van der Waals surface area contributed by atoms with Crippen LogP contribution in [0.4, 0.5) is 8.78 Å². The maximum Gasteiger partial charge on any atom is 0.359 e. The fourth-order valence-electron chi connectivity index (χ4n) is 3.14. The summed E-state index contributed by atoms with van der Waals surface area (Å²) in [6.07, 6.45) is 0.00434. The Kier molecular flexibility index (Phi) is 5.95. The van der Waals surface area contributed by atoms with Crippen molar-refractivity contribution in [2.75, 3.05) is 13.7 Å². The van der Waals surface area contributed by atoms with Crippen LogP contribution in [0.5, 0.6) is 0 Å². The number of nitrogens with zero attached hydrogens (tertiary/aromatic N) is 3. The predicted octanol–water partition coefficient (Wildman–Crippen LogP) is 1.90. The van der Waals surface area contributed by atoms with Gasteiger partial charge in [0, 0.05) is 25.6 Å². The third-order valence-electron chi connectivity index (χ3n) is 4.57. The number of carbonyl (C=O) groups excluding carboxylic acids is 2. The van der Waals surface area contributed by atoms with Crippen LogP contribution in [-0.4, -0.2) is 46.0 Å². The van der Waals surface area contributed by atoms with E-state index in [9.17, 15) is 18.4 Å². The van der Waals surface area contributed by atoms with Gasteiger partial charge in [-0.2, -0.15) is 0 Å². The molecule has 150 valence electrons. The molecular weight excluding hydrogens is 394 g/mol. The third kappa shape index (κ3) is 4.15. The molecule has 1 aliphatic rings. The van der Waals surface area contributed by atoms with Gasteiger partial charge in [-0.05, 0) is 30.2 Å². The van der Waals surface area contributed by atoms with E-state index < -0.39 is 23.6 Å². The molecule has 1 aromatic heterocycles. The van der Waals surface area contributed by atoms with Crippen LogP contribution in [0.15, 0.2) is 18.2 Å². The topological polar surface area (TPSA) is 90.5 Å². The lowest BCUT2D eigenvalue weighted by molar-refractivity contribution is -0.133. The molecule has 0 unspecified atom stereocenters. The van der Waals surface area contributed by atoms with Crippen molar-refractivity contribution in [1.29, 1.82) is 0 Å². The molecule has 1 atom stereocenters. The summed E-state index contributed by atoms with van der Waals surface area (Å²) in [7, 11) is 1.23. The fraction of sp³-hybridized carbons (Fsp3) is 0.389. The summed E-state index contributed by atoms with van der Waals surface area (Å²) in [4.78, 5) is 30.0. The van der Waals surface area contributed by atoms with Crippen molar-refractivity contribution in [3.8, 4) is 0 Å². The van der Waals surface area contributed by atoms with Crippen molar-refractivity contribution in [2.45, 2.75) is 32.0 Å². The van der Waals surface area contributed by atoms with Crippen molar-refractivity contribution in [3.05, 3.63) is 52.1 Å². The minimum Gasteiger partial charge on any atom is -0.464 e. The molecule has 0 spiro atoms. The maximum absolute atomic E-state index is 13.7. The van der Waals surface area contributed by atoms with Crippen LogP contribution in [-0.2, 0) is 29.0 Å². The molecular formula is C18H19ClF2N4O3. The number of hydrogen-bond donors (Lipinski definition) is 1. The van der Waals surface area contributed by atoms with Gasteiger partial charge in [-0.1, -0.05) is 11.6 Å². The molecule has 2 aromatic rings. The quantitative estimate of drug-likeness (QED) is 0.757. The lowest BCUT2D eigenvalue weighted by atomic mass is 10.0. The highest BCUT2D eigenvalue weighted by atomic mass is 35.5. The number of ether oxygens (including phenoxy) is 1. The third-order valence-corrected chi connectivity index (χ3v) is 4.95. The first-order valence-corrected chi connectivity index (χ1v) is 8.98. The normalized spacial score (nSPS) is 14.5. The zero-order valence-corrected chi connectivity index (χ0v) is 15.9. The Hall–Kier alpha value is -2.52. The SMILES string of the molecule is COC(=O)c1nc2n(c1Cl)CCN(C(=O)C[C@H](N)Cc1cc(F)ccc1F)C2. The molecule has 0 saturated carbocycles. The van der Waals surface area contributed by atoms with Gasteiger partial charge in [-0.3, -0.25) is 4.79 Å². The van der Waals surface area contributed by atoms with Gasteiger partial charge in [0.05, 0.1) is 13.7 Å². The second-order valence-corrected chi connectivity index (χ2v) is 6.89. The summed E-state index contributed by atoms with van der Waals surface area (Å²) in [6.45, 7) is 0.901. The molecule has 3 rings (SSSR count). The minimum absolute atomic E-state index is 0.00625. The highest BCUT2D eigenvalue weighted by Crippen LogP contribution is 2.24. The van der Waals surface area contributed by atoms with Crippen LogP contribution in [0.25, 0.3) is 0 Å². The molecule has 0 aliphatic carbocycles. The van der Waals surface area contributed by atoms with E-state index in [-0.39, 0.29) is 41.7 Å². The van der Waals surface area contributed by atoms with E-state index >= 15 is 0 Å². The van der Waals surface area contributed by atoms with E-state index in [4.69, 9.17) is 17.3 Å². The van der Waals surface area contributed by atoms with Crippen molar-refractivity contribution >= 4 is 23.5 Å². The molecule has 0 radical (unpaired) electrons. The number of aromatic nitrogens is 2. The van der Waals surface area contributed by atoms with Crippen molar-refractivity contribution in [3.63, 3.8) is 0 Å². The summed E-state index contributed by atoms with van der Waals surface area (Å²) in [6, 6.07) is 2.47. The Labute approximate surface area is 165 Å². The fourth-order valence-corrected chi connectivity index (χ4v) is 3.44. The summed E-state index contributed by atoms with van der Waals surface area (Å²) < 4.78 is 33.3. The smallest absolute Gasteiger partial charge is 0.359 e. The number of benzene rings is 1. The zero-order chi connectivity index (χ0) is 20.4. The highest BCUT2D eigenvalue weighted by Gasteiger charge is 2.28. The number of esters is 1. The lowest BCUT2D eigenvalue weighted by Crippen LogP contribution is -2.41. The van der Waals surface area contributed by atoms with Gasteiger partial charge in [-0.15, -0.1) is 0 Å². The highest BCUT2D eigenvalue weighted by molar-refractivity contribution is 6.32. The van der Waals surface area contributed by atoms with Crippen LogP contribution >= 0.6 is 11.6 Å². The molecule has 1 aliphatic heterocycles. The predicted molar refractivity (Wildman–Crippen MR) is 96.6 cm³/mol. The number of fused-ring (bicyclic) bond motifs is 1. The van der Waals surface area contributed by atoms with E-state index in [2.05, 4.69) is 9.72 Å². The van der Waals surface area contributed by atoms with Crippen LogP contribution in [0, 0.1) is 11.6 Å². The number of hydrogen-bond acceptors (Lipinski definition) is 5. The average molecular weight is 413 g/mol. The number of halogens is 3. The van der Waals surface area contributed by atoms with Gasteiger partial charge in [0.1, 0.15) is 22.6 Å². The Morgan fingerprint density at radius 3 is 2.82 bits per heavy atom. The van der Waals surface area contributed by atoms with Gasteiger partial charge < -0.3 is 19.9 Å². The Bertz CT molecular complexity index is 918. The van der Waals surface area contributed by atoms with E-state index in [1.807, 2.05) is 0 Å². The van der Waals surface area contributed by atoms with E-state index in [0.717, 1.165) is 18.2 Å². The summed E-state index contributed by atoms with van der Waals surface area (Å²) in [5.74, 6) is -1.54. The summed E-state index contributed by atoms with van der Waals surface area (Å²) in [5, 5.41) is 0.173. The number of carbonyl (C=O) groups is 2. The monoisotopic (exact) mass is 412 g/mol. The van der Waals surface area contributed by atoms with E-state index in [1.54, 1.807) is 9.47 Å². The summed E-state index contributed by atoms with van der Waals surface area (Å²) in [5.41, 5.74) is 6.11. The number of rotatable bonds is 5. The van der Waals surface area contributed by atoms with E-state index in [0.29, 0.717) is 18.9 Å². The maximum atomic E-state index is 13.7. The van der Waals surface area contributed by atoms with Crippen LogP contribution in [0.3, 0.4) is 0 Å². The van der Waals surface area contributed by atoms with Gasteiger partial charge in [0.15, 0.2) is 5.69 Å². The molecule has 2 N–H and O–H groups in total. The van der Waals surface area contributed by atoms with Crippen molar-refractivity contribution in [1.82, 2.24) is 14.5 Å². The number of methoxy groups -OCH3 is 1. The standard InChI is InChI=1S/C18H19ClF2N4O3/c1-28-18(27)16-17(19)25-5-4-24(9-14(25)23-16)15(26)8-12(22)7-10-6-11(20)2-3-13(10)21/h2-3,6,12H,4-5,7-9,22H2,1H3/t12-/m1/s1. The molecule has 28 heavy (non-hydrogen) atoms. The molecule has 0 bridgehead atoms. The molecule has 0 saturated heterocycles. The minimum atomic E-state index is -0.667. The second kappa shape index (κ2) is 8.24. The van der Waals surface area contributed by atoms with Gasteiger partial charge in [0.2, 0.25) is 5.91 Å². The Balaban J connectivity index is 1.64. The molecule has 7 nitrogen and oxygen atoms in total. The first-order valence-electron chi connectivity index (χ1n) is 8.60. The van der Waals surface area contributed by atoms with Crippen LogP contribution in [0.1, 0.15) is 28.3 Å². The van der Waals surface area contributed by atoms with Crippen molar-refractivity contribution < 1.29 is 23.1 Å². The molecule has 1 amide bonds. The number of nitrogens with two attached hydrogens (primary N) is 1. The largest absolute Gasteiger partial charge is 0.464 e. The molecule has 0 fully saturated rings. The Morgan fingerprint density at radius 2 is 2.11 bits per heavy atom. The van der Waals surface area contributed by atoms with E-state index in [1.165, 1.54) is 7.11 Å². The Morgan fingerprint density at radius 1 is 1.36 bits per heavy atom. The van der Waals surface area contributed by atoms with Gasteiger partial charge >= 0.3 is 5.97 Å². The van der Waals surface area contributed by atoms with Crippen LogP contribution in [0.2, 0.25) is 5.15 Å². The lowest BCUT2D eigenvalue weighted by Gasteiger charge is -2.29. The average Bonchev–Trinajstić information content (AvgIpc) is 3.00. The molecule has 2 heterocycles.